The highest BCUT2D eigenvalue weighted by Gasteiger charge is 2.32. The molecular formula is C17H25BrN6O2. The minimum absolute atomic E-state index is 0.0708. The van der Waals surface area contributed by atoms with Crippen LogP contribution in [-0.2, 0) is 11.8 Å². The molecule has 3 heterocycles. The number of ether oxygens (including phenoxy) is 1. The highest BCUT2D eigenvalue weighted by molar-refractivity contribution is 9.10. The first-order valence-electron chi connectivity index (χ1n) is 8.73. The molecule has 142 valence electrons. The fourth-order valence-corrected chi connectivity index (χ4v) is 3.68. The van der Waals surface area contributed by atoms with Gasteiger partial charge in [-0.05, 0) is 49.0 Å². The summed E-state index contributed by atoms with van der Waals surface area (Å²) in [5, 5.41) is 8.69. The molecule has 1 aliphatic heterocycles. The minimum atomic E-state index is -0.498. The number of halogens is 1. The second-order valence-corrected chi connectivity index (χ2v) is 8.53. The lowest BCUT2D eigenvalue weighted by Gasteiger charge is -2.38. The van der Waals surface area contributed by atoms with Crippen LogP contribution in [0, 0.1) is 5.92 Å². The van der Waals surface area contributed by atoms with Gasteiger partial charge >= 0.3 is 6.09 Å². The van der Waals surface area contributed by atoms with E-state index in [1.807, 2.05) is 27.8 Å². The van der Waals surface area contributed by atoms with Crippen molar-refractivity contribution in [2.45, 2.75) is 45.8 Å². The molecule has 1 fully saturated rings. The molecule has 1 aliphatic rings. The number of piperidine rings is 1. The van der Waals surface area contributed by atoms with E-state index in [2.05, 4.69) is 43.2 Å². The summed E-state index contributed by atoms with van der Waals surface area (Å²) in [6.45, 7) is 9.09. The van der Waals surface area contributed by atoms with Gasteiger partial charge in [0.1, 0.15) is 22.3 Å². The van der Waals surface area contributed by atoms with Gasteiger partial charge in [-0.1, -0.05) is 6.92 Å². The molecule has 9 heteroatoms. The van der Waals surface area contributed by atoms with Crippen LogP contribution in [0.2, 0.25) is 0 Å². The molecule has 3 rings (SSSR count). The Labute approximate surface area is 161 Å². The zero-order valence-electron chi connectivity index (χ0n) is 15.8. The highest BCUT2D eigenvalue weighted by Crippen LogP contribution is 2.29. The van der Waals surface area contributed by atoms with Crippen LogP contribution in [0.4, 0.5) is 10.6 Å². The minimum Gasteiger partial charge on any atom is -0.444 e. The second-order valence-electron chi connectivity index (χ2n) is 7.78. The molecule has 0 saturated carbocycles. The summed E-state index contributed by atoms with van der Waals surface area (Å²) in [5.41, 5.74) is 0.254. The van der Waals surface area contributed by atoms with Gasteiger partial charge in [-0.3, -0.25) is 0 Å². The van der Waals surface area contributed by atoms with Gasteiger partial charge in [0.05, 0.1) is 5.39 Å². The van der Waals surface area contributed by atoms with Crippen LogP contribution in [0.15, 0.2) is 10.9 Å². The number of hydrogen-bond donors (Lipinski definition) is 1. The molecule has 2 aromatic rings. The number of aryl methyl sites for hydroxylation is 1. The Balaban J connectivity index is 1.79. The van der Waals surface area contributed by atoms with Crippen LogP contribution in [0.25, 0.3) is 11.0 Å². The van der Waals surface area contributed by atoms with Gasteiger partial charge in [-0.15, -0.1) is 0 Å². The van der Waals surface area contributed by atoms with E-state index in [9.17, 15) is 4.79 Å². The zero-order valence-corrected chi connectivity index (χ0v) is 17.4. The number of likely N-dealkylation sites (tertiary alicyclic amines) is 1. The smallest absolute Gasteiger partial charge is 0.410 e. The molecule has 2 unspecified atom stereocenters. The topological polar surface area (TPSA) is 85.2 Å². The van der Waals surface area contributed by atoms with Crippen molar-refractivity contribution in [3.63, 3.8) is 0 Å². The van der Waals surface area contributed by atoms with Crippen molar-refractivity contribution in [2.75, 3.05) is 18.4 Å². The molecule has 26 heavy (non-hydrogen) atoms. The molecule has 2 aromatic heterocycles. The number of carbonyl (C=O) groups excluding carboxylic acids is 1. The lowest BCUT2D eigenvalue weighted by atomic mass is 9.93. The molecular weight excluding hydrogens is 400 g/mol. The molecule has 1 saturated heterocycles. The van der Waals surface area contributed by atoms with Crippen molar-refractivity contribution in [1.29, 1.82) is 0 Å². The molecule has 0 aromatic carbocycles. The lowest BCUT2D eigenvalue weighted by Crippen LogP contribution is -2.50. The second kappa shape index (κ2) is 7.02. The maximum Gasteiger partial charge on any atom is 0.410 e. The summed E-state index contributed by atoms with van der Waals surface area (Å²) in [7, 11) is 1.84. The van der Waals surface area contributed by atoms with Crippen molar-refractivity contribution < 1.29 is 9.53 Å². The SMILES string of the molecule is CC1CCN(C(=O)OC(C)(C)C)CC1Nc1ncnc2c1c(Br)nn2C. The summed E-state index contributed by atoms with van der Waals surface area (Å²) < 4.78 is 7.93. The van der Waals surface area contributed by atoms with Gasteiger partial charge < -0.3 is 15.0 Å². The molecule has 0 radical (unpaired) electrons. The number of anilines is 1. The first-order valence-corrected chi connectivity index (χ1v) is 9.52. The summed E-state index contributed by atoms with van der Waals surface area (Å²) in [4.78, 5) is 22.9. The van der Waals surface area contributed by atoms with Crippen molar-refractivity contribution in [1.82, 2.24) is 24.6 Å². The van der Waals surface area contributed by atoms with Crippen LogP contribution in [0.3, 0.4) is 0 Å². The van der Waals surface area contributed by atoms with Gasteiger partial charge in [0, 0.05) is 26.2 Å². The summed E-state index contributed by atoms with van der Waals surface area (Å²) in [5.74, 6) is 1.12. The van der Waals surface area contributed by atoms with Crippen LogP contribution in [0.1, 0.15) is 34.1 Å². The van der Waals surface area contributed by atoms with E-state index < -0.39 is 5.60 Å². The van der Waals surface area contributed by atoms with E-state index in [1.165, 1.54) is 6.33 Å². The normalized spacial score (nSPS) is 21.1. The van der Waals surface area contributed by atoms with E-state index in [0.29, 0.717) is 23.6 Å². The van der Waals surface area contributed by atoms with E-state index >= 15 is 0 Å². The molecule has 0 bridgehead atoms. The van der Waals surface area contributed by atoms with Crippen molar-refractivity contribution >= 4 is 38.9 Å². The summed E-state index contributed by atoms with van der Waals surface area (Å²) in [6, 6.07) is 0.0708. The Morgan fingerprint density at radius 2 is 2.12 bits per heavy atom. The molecule has 1 N–H and O–H groups in total. The van der Waals surface area contributed by atoms with Gasteiger partial charge in [-0.25, -0.2) is 19.4 Å². The predicted molar refractivity (Wildman–Crippen MR) is 103 cm³/mol. The number of carbonyl (C=O) groups is 1. The average molecular weight is 425 g/mol. The quantitative estimate of drug-likeness (QED) is 0.796. The number of amides is 1. The monoisotopic (exact) mass is 424 g/mol. The third-order valence-electron chi connectivity index (χ3n) is 4.51. The number of nitrogens with one attached hydrogen (secondary N) is 1. The Morgan fingerprint density at radius 1 is 1.38 bits per heavy atom. The zero-order chi connectivity index (χ0) is 19.1. The van der Waals surface area contributed by atoms with Crippen LogP contribution < -0.4 is 5.32 Å². The Bertz CT molecular complexity index is 815. The highest BCUT2D eigenvalue weighted by atomic mass is 79.9. The first kappa shape index (κ1) is 18.9. The number of nitrogens with zero attached hydrogens (tertiary/aromatic N) is 5. The Morgan fingerprint density at radius 3 is 2.81 bits per heavy atom. The maximum atomic E-state index is 12.4. The van der Waals surface area contributed by atoms with E-state index in [-0.39, 0.29) is 12.1 Å². The fourth-order valence-electron chi connectivity index (χ4n) is 3.08. The van der Waals surface area contributed by atoms with Gasteiger partial charge in [0.15, 0.2) is 5.65 Å². The summed E-state index contributed by atoms with van der Waals surface area (Å²) >= 11 is 3.48. The standard InChI is InChI=1S/C17H25BrN6O2/c1-10-6-7-24(16(25)26-17(2,3)4)8-11(10)21-14-12-13(18)22-23(5)15(12)20-9-19-14/h9-11H,6-8H2,1-5H3,(H,19,20,21). The maximum absolute atomic E-state index is 12.4. The van der Waals surface area contributed by atoms with Gasteiger partial charge in [0.2, 0.25) is 0 Å². The molecule has 0 spiro atoms. The number of hydrogen-bond acceptors (Lipinski definition) is 6. The molecule has 0 aliphatic carbocycles. The van der Waals surface area contributed by atoms with Gasteiger partial charge in [0.25, 0.3) is 0 Å². The van der Waals surface area contributed by atoms with Crippen LogP contribution in [-0.4, -0.2) is 55.5 Å². The Kier molecular flexibility index (Phi) is 5.09. The Hall–Kier alpha value is -1.90. The van der Waals surface area contributed by atoms with E-state index in [1.54, 1.807) is 9.58 Å². The van der Waals surface area contributed by atoms with Crippen molar-refractivity contribution in [2.24, 2.45) is 13.0 Å². The first-order chi connectivity index (χ1) is 12.2. The third-order valence-corrected chi connectivity index (χ3v) is 5.07. The molecule has 2 atom stereocenters. The number of fused-ring (bicyclic) bond motifs is 1. The summed E-state index contributed by atoms with van der Waals surface area (Å²) in [6.07, 6.45) is 2.16. The van der Waals surface area contributed by atoms with Gasteiger partial charge in [-0.2, -0.15) is 5.10 Å². The predicted octanol–water partition coefficient (Wildman–Crippen LogP) is 3.18. The van der Waals surface area contributed by atoms with Crippen LogP contribution in [0.5, 0.6) is 0 Å². The third kappa shape index (κ3) is 3.92. The number of rotatable bonds is 2. The lowest BCUT2D eigenvalue weighted by molar-refractivity contribution is 0.0176. The average Bonchev–Trinajstić information content (AvgIpc) is 2.83. The van der Waals surface area contributed by atoms with Crippen molar-refractivity contribution in [3.8, 4) is 0 Å². The molecule has 8 nitrogen and oxygen atoms in total. The fraction of sp³-hybridized carbons (Fsp3) is 0.647. The molecule has 1 amide bonds. The van der Waals surface area contributed by atoms with E-state index in [0.717, 1.165) is 23.3 Å². The van der Waals surface area contributed by atoms with Crippen LogP contribution >= 0.6 is 15.9 Å². The largest absolute Gasteiger partial charge is 0.444 e. The number of aromatic nitrogens is 4. The van der Waals surface area contributed by atoms with Crippen molar-refractivity contribution in [3.05, 3.63) is 10.9 Å². The van der Waals surface area contributed by atoms with E-state index in [4.69, 9.17) is 4.74 Å².